The van der Waals surface area contributed by atoms with Crippen LogP contribution in [0, 0.1) is 20.8 Å². The second-order valence-corrected chi connectivity index (χ2v) is 8.06. The highest BCUT2D eigenvalue weighted by Gasteiger charge is 2.16. The molecule has 0 aliphatic carbocycles. The number of furan rings is 1. The molecule has 2 aromatic carbocycles. The van der Waals surface area contributed by atoms with E-state index in [1.807, 2.05) is 55.9 Å². The summed E-state index contributed by atoms with van der Waals surface area (Å²) in [5.41, 5.74) is 7.96. The Morgan fingerprint density at radius 1 is 0.906 bits per heavy atom. The molecule has 0 radical (unpaired) electrons. The Balaban J connectivity index is 1.55. The fourth-order valence-corrected chi connectivity index (χ4v) is 3.85. The van der Waals surface area contributed by atoms with Crippen molar-refractivity contribution in [2.45, 2.75) is 20.8 Å². The number of ether oxygens (including phenoxy) is 1. The van der Waals surface area contributed by atoms with Crippen LogP contribution in [0.3, 0.4) is 0 Å². The molecule has 32 heavy (non-hydrogen) atoms. The highest BCUT2D eigenvalue weighted by molar-refractivity contribution is 5.83. The van der Waals surface area contributed by atoms with E-state index in [0.29, 0.717) is 11.8 Å². The van der Waals surface area contributed by atoms with Gasteiger partial charge in [-0.2, -0.15) is 4.98 Å². The first-order chi connectivity index (χ1) is 15.5. The Labute approximate surface area is 186 Å². The van der Waals surface area contributed by atoms with E-state index < -0.39 is 0 Å². The van der Waals surface area contributed by atoms with E-state index in [9.17, 15) is 0 Å². The van der Waals surface area contributed by atoms with Crippen molar-refractivity contribution in [3.8, 4) is 22.8 Å². The van der Waals surface area contributed by atoms with E-state index >= 15 is 0 Å². The zero-order valence-electron chi connectivity index (χ0n) is 18.5. The van der Waals surface area contributed by atoms with Gasteiger partial charge in [-0.05, 0) is 73.9 Å². The fourth-order valence-electron chi connectivity index (χ4n) is 3.85. The number of hydrogen-bond donors (Lipinski definition) is 1. The molecular formula is C26H24N4O2. The van der Waals surface area contributed by atoms with Crippen LogP contribution < -0.4 is 10.1 Å². The summed E-state index contributed by atoms with van der Waals surface area (Å²) >= 11 is 0. The first kappa shape index (κ1) is 19.9. The van der Waals surface area contributed by atoms with Crippen molar-refractivity contribution in [1.29, 1.82) is 0 Å². The number of aromatic nitrogens is 3. The smallest absolute Gasteiger partial charge is 0.249 e. The SMILES string of the molecule is Cc1ccc(Nc2nc(Oc3c(C)cc(-c4ccoc4)cc3C)c3c(ccn3C)n2)cc1. The molecule has 0 fully saturated rings. The third kappa shape index (κ3) is 3.71. The predicted molar refractivity (Wildman–Crippen MR) is 127 cm³/mol. The highest BCUT2D eigenvalue weighted by atomic mass is 16.5. The molecule has 1 N–H and O–H groups in total. The Morgan fingerprint density at radius 2 is 1.66 bits per heavy atom. The predicted octanol–water partition coefficient (Wildman–Crippen LogP) is 6.69. The first-order valence-electron chi connectivity index (χ1n) is 10.5. The van der Waals surface area contributed by atoms with Gasteiger partial charge in [0.15, 0.2) is 0 Å². The average Bonchev–Trinajstić information content (AvgIpc) is 3.43. The van der Waals surface area contributed by atoms with E-state index in [0.717, 1.165) is 44.7 Å². The standard InChI is InChI=1S/C26H24N4O2/c1-16-5-7-21(8-6-16)27-26-28-22-9-11-30(4)23(22)25(29-26)32-24-17(2)13-20(14-18(24)3)19-10-12-31-15-19/h5-15H,1-4H3,(H,27,28,29). The Kier molecular flexibility index (Phi) is 4.90. The number of benzene rings is 2. The van der Waals surface area contributed by atoms with Crippen LogP contribution in [0.2, 0.25) is 0 Å². The maximum Gasteiger partial charge on any atom is 0.249 e. The molecule has 3 aromatic heterocycles. The zero-order chi connectivity index (χ0) is 22.2. The van der Waals surface area contributed by atoms with Gasteiger partial charge in [-0.1, -0.05) is 17.7 Å². The van der Waals surface area contributed by atoms with E-state index in [-0.39, 0.29) is 0 Å². The molecule has 0 saturated carbocycles. The fraction of sp³-hybridized carbons (Fsp3) is 0.154. The molecule has 3 heterocycles. The van der Waals surface area contributed by atoms with Crippen molar-refractivity contribution < 1.29 is 9.15 Å². The summed E-state index contributed by atoms with van der Waals surface area (Å²) in [6.07, 6.45) is 5.39. The summed E-state index contributed by atoms with van der Waals surface area (Å²) in [5, 5.41) is 3.29. The van der Waals surface area contributed by atoms with Gasteiger partial charge in [0.2, 0.25) is 11.8 Å². The maximum absolute atomic E-state index is 6.43. The largest absolute Gasteiger partial charge is 0.472 e. The number of hydrogen-bond acceptors (Lipinski definition) is 5. The van der Waals surface area contributed by atoms with Crippen LogP contribution in [-0.4, -0.2) is 14.5 Å². The minimum atomic E-state index is 0.493. The second-order valence-electron chi connectivity index (χ2n) is 8.06. The van der Waals surface area contributed by atoms with Crippen molar-refractivity contribution in [3.63, 3.8) is 0 Å². The lowest BCUT2D eigenvalue weighted by Crippen LogP contribution is -2.02. The Hall–Kier alpha value is -4.06. The average molecular weight is 425 g/mol. The molecule has 0 atom stereocenters. The Bertz CT molecular complexity index is 1380. The molecule has 0 aliphatic rings. The summed E-state index contributed by atoms with van der Waals surface area (Å²) in [4.78, 5) is 9.40. The second kappa shape index (κ2) is 7.89. The van der Waals surface area contributed by atoms with Gasteiger partial charge < -0.3 is 19.0 Å². The van der Waals surface area contributed by atoms with Crippen molar-refractivity contribution in [2.24, 2.45) is 7.05 Å². The van der Waals surface area contributed by atoms with Crippen molar-refractivity contribution in [1.82, 2.24) is 14.5 Å². The van der Waals surface area contributed by atoms with Crippen LogP contribution in [0.25, 0.3) is 22.2 Å². The van der Waals surface area contributed by atoms with Gasteiger partial charge >= 0.3 is 0 Å². The van der Waals surface area contributed by atoms with E-state index in [1.54, 1.807) is 12.5 Å². The third-order valence-electron chi connectivity index (χ3n) is 5.51. The minimum absolute atomic E-state index is 0.493. The molecule has 5 rings (SSSR count). The van der Waals surface area contributed by atoms with E-state index in [2.05, 4.69) is 41.5 Å². The molecule has 6 heteroatoms. The van der Waals surface area contributed by atoms with E-state index in [4.69, 9.17) is 14.1 Å². The van der Waals surface area contributed by atoms with Crippen LogP contribution >= 0.6 is 0 Å². The number of nitrogens with one attached hydrogen (secondary N) is 1. The van der Waals surface area contributed by atoms with E-state index in [1.165, 1.54) is 5.56 Å². The molecule has 5 aromatic rings. The molecular weight excluding hydrogens is 400 g/mol. The third-order valence-corrected chi connectivity index (χ3v) is 5.51. The topological polar surface area (TPSA) is 65.1 Å². The molecule has 160 valence electrons. The van der Waals surface area contributed by atoms with Gasteiger partial charge in [0.05, 0.1) is 18.0 Å². The van der Waals surface area contributed by atoms with Gasteiger partial charge in [0.1, 0.15) is 11.3 Å². The molecule has 0 bridgehead atoms. The summed E-state index contributed by atoms with van der Waals surface area (Å²) < 4.78 is 13.6. The maximum atomic E-state index is 6.43. The van der Waals surface area contributed by atoms with Gasteiger partial charge in [-0.3, -0.25) is 0 Å². The van der Waals surface area contributed by atoms with Gasteiger partial charge in [-0.15, -0.1) is 0 Å². The molecule has 0 saturated heterocycles. The lowest BCUT2D eigenvalue weighted by Gasteiger charge is -2.15. The van der Waals surface area contributed by atoms with Crippen molar-refractivity contribution in [3.05, 3.63) is 83.9 Å². The van der Waals surface area contributed by atoms with Crippen LogP contribution in [0.5, 0.6) is 11.6 Å². The number of fused-ring (bicyclic) bond motifs is 1. The monoisotopic (exact) mass is 424 g/mol. The quantitative estimate of drug-likeness (QED) is 0.340. The lowest BCUT2D eigenvalue weighted by molar-refractivity contribution is 0.459. The molecule has 0 unspecified atom stereocenters. The van der Waals surface area contributed by atoms with Crippen LogP contribution in [0.1, 0.15) is 16.7 Å². The van der Waals surface area contributed by atoms with Crippen LogP contribution in [0.15, 0.2) is 71.7 Å². The summed E-state index contributed by atoms with van der Waals surface area (Å²) in [6.45, 7) is 6.15. The normalized spacial score (nSPS) is 11.1. The van der Waals surface area contributed by atoms with Gasteiger partial charge in [-0.25, -0.2) is 4.98 Å². The number of anilines is 2. The highest BCUT2D eigenvalue weighted by Crippen LogP contribution is 2.36. The molecule has 6 nitrogen and oxygen atoms in total. The molecule has 0 amide bonds. The summed E-state index contributed by atoms with van der Waals surface area (Å²) in [7, 11) is 1.97. The number of rotatable bonds is 5. The molecule has 0 spiro atoms. The van der Waals surface area contributed by atoms with Gasteiger partial charge in [0.25, 0.3) is 0 Å². The van der Waals surface area contributed by atoms with Crippen molar-refractivity contribution in [2.75, 3.05) is 5.32 Å². The van der Waals surface area contributed by atoms with Crippen LogP contribution in [0.4, 0.5) is 11.6 Å². The van der Waals surface area contributed by atoms with Crippen LogP contribution in [-0.2, 0) is 7.05 Å². The molecule has 0 aliphatic heterocycles. The number of nitrogens with zero attached hydrogens (tertiary/aromatic N) is 3. The van der Waals surface area contributed by atoms with Crippen molar-refractivity contribution >= 4 is 22.7 Å². The number of aryl methyl sites for hydroxylation is 4. The first-order valence-corrected chi connectivity index (χ1v) is 10.5. The summed E-state index contributed by atoms with van der Waals surface area (Å²) in [5.74, 6) is 1.80. The zero-order valence-corrected chi connectivity index (χ0v) is 18.5. The lowest BCUT2D eigenvalue weighted by atomic mass is 10.0. The Morgan fingerprint density at radius 3 is 2.34 bits per heavy atom. The van der Waals surface area contributed by atoms with Gasteiger partial charge in [0, 0.05) is 24.5 Å². The summed E-state index contributed by atoms with van der Waals surface area (Å²) in [6, 6.07) is 16.2. The minimum Gasteiger partial charge on any atom is -0.472 e.